The van der Waals surface area contributed by atoms with E-state index in [0.717, 1.165) is 24.3 Å². The topological polar surface area (TPSA) is 37.3 Å². The van der Waals surface area contributed by atoms with Gasteiger partial charge in [-0.05, 0) is 24.9 Å². The lowest BCUT2D eigenvalue weighted by Gasteiger charge is -2.30. The number of aliphatic carboxylic acids is 1. The highest BCUT2D eigenvalue weighted by Crippen LogP contribution is 2.36. The lowest BCUT2D eigenvalue weighted by molar-refractivity contribution is -0.139. The molecule has 0 amide bonds. The molecule has 0 aromatic heterocycles. The van der Waals surface area contributed by atoms with Crippen LogP contribution in [0.15, 0.2) is 0 Å². The molecule has 0 aromatic rings. The van der Waals surface area contributed by atoms with Gasteiger partial charge in [0.1, 0.15) is 4.75 Å². The highest BCUT2D eigenvalue weighted by Gasteiger charge is 2.39. The molecule has 1 heterocycles. The highest BCUT2D eigenvalue weighted by atomic mass is 32.2. The molecule has 1 aliphatic rings. The molecule has 11 heavy (non-hydrogen) atoms. The summed E-state index contributed by atoms with van der Waals surface area (Å²) in [5.41, 5.74) is 0. The second-order valence-corrected chi connectivity index (χ2v) is 4.95. The van der Waals surface area contributed by atoms with E-state index >= 15 is 0 Å². The summed E-state index contributed by atoms with van der Waals surface area (Å²) in [6, 6.07) is 0. The Morgan fingerprint density at radius 1 is 1.73 bits per heavy atom. The van der Waals surface area contributed by atoms with Crippen LogP contribution in [-0.4, -0.2) is 33.6 Å². The maximum absolute atomic E-state index is 10.9. The van der Waals surface area contributed by atoms with Crippen molar-refractivity contribution in [2.75, 3.05) is 17.8 Å². The van der Waals surface area contributed by atoms with Crippen LogP contribution in [0.5, 0.6) is 0 Å². The van der Waals surface area contributed by atoms with Crippen molar-refractivity contribution in [1.29, 1.82) is 0 Å². The first-order chi connectivity index (χ1) is 5.21. The zero-order valence-electron chi connectivity index (χ0n) is 6.50. The average molecular weight is 192 g/mol. The van der Waals surface area contributed by atoms with Crippen molar-refractivity contribution in [3.63, 3.8) is 0 Å². The van der Waals surface area contributed by atoms with Gasteiger partial charge in [0.25, 0.3) is 0 Å². The maximum Gasteiger partial charge on any atom is 0.320 e. The molecule has 1 unspecified atom stereocenters. The summed E-state index contributed by atoms with van der Waals surface area (Å²) in [5, 5.41) is 8.95. The number of carbonyl (C=O) groups is 1. The van der Waals surface area contributed by atoms with Gasteiger partial charge in [-0.15, -0.1) is 11.8 Å². The molecule has 1 aliphatic heterocycles. The van der Waals surface area contributed by atoms with E-state index in [1.165, 1.54) is 11.8 Å². The second-order valence-electron chi connectivity index (χ2n) is 2.66. The number of rotatable bonds is 2. The minimum Gasteiger partial charge on any atom is -0.480 e. The van der Waals surface area contributed by atoms with Gasteiger partial charge in [0.15, 0.2) is 0 Å². The van der Waals surface area contributed by atoms with Crippen LogP contribution in [0.25, 0.3) is 0 Å². The van der Waals surface area contributed by atoms with Crippen LogP contribution in [-0.2, 0) is 4.79 Å². The fourth-order valence-corrected chi connectivity index (χ4v) is 3.52. The Morgan fingerprint density at radius 2 is 2.45 bits per heavy atom. The monoisotopic (exact) mass is 192 g/mol. The van der Waals surface area contributed by atoms with Crippen molar-refractivity contribution in [2.24, 2.45) is 0 Å². The molecule has 1 atom stereocenters. The van der Waals surface area contributed by atoms with Crippen LogP contribution in [0.4, 0.5) is 0 Å². The van der Waals surface area contributed by atoms with E-state index in [4.69, 9.17) is 5.11 Å². The van der Waals surface area contributed by atoms with Crippen molar-refractivity contribution in [2.45, 2.75) is 17.6 Å². The van der Waals surface area contributed by atoms with Gasteiger partial charge in [0.2, 0.25) is 0 Å². The predicted octanol–water partition coefficient (Wildman–Crippen LogP) is 1.70. The molecule has 0 spiro atoms. The fraction of sp³-hybridized carbons (Fsp3) is 0.857. The molecule has 1 fully saturated rings. The third-order valence-corrected chi connectivity index (χ3v) is 4.75. The van der Waals surface area contributed by atoms with Gasteiger partial charge < -0.3 is 5.11 Å². The van der Waals surface area contributed by atoms with E-state index in [0.29, 0.717) is 0 Å². The lowest BCUT2D eigenvalue weighted by atomic mass is 10.1. The molecule has 0 bridgehead atoms. The molecular formula is C7H12O2S2. The Hall–Kier alpha value is 0.170. The van der Waals surface area contributed by atoms with E-state index in [2.05, 4.69) is 0 Å². The van der Waals surface area contributed by atoms with E-state index in [1.807, 2.05) is 6.26 Å². The summed E-state index contributed by atoms with van der Waals surface area (Å²) in [4.78, 5) is 10.9. The van der Waals surface area contributed by atoms with Crippen LogP contribution in [0.3, 0.4) is 0 Å². The van der Waals surface area contributed by atoms with Crippen molar-refractivity contribution in [3.05, 3.63) is 0 Å². The molecule has 1 rings (SSSR count). The second kappa shape index (κ2) is 3.72. The van der Waals surface area contributed by atoms with Gasteiger partial charge in [0, 0.05) is 5.75 Å². The summed E-state index contributed by atoms with van der Waals surface area (Å²) in [6.45, 7) is 0. The minimum absolute atomic E-state index is 0.483. The molecule has 0 saturated carbocycles. The summed E-state index contributed by atoms with van der Waals surface area (Å²) in [6.07, 6.45) is 3.76. The first-order valence-electron chi connectivity index (χ1n) is 3.57. The van der Waals surface area contributed by atoms with Gasteiger partial charge in [-0.2, -0.15) is 11.8 Å². The van der Waals surface area contributed by atoms with Crippen LogP contribution >= 0.6 is 23.5 Å². The molecular weight excluding hydrogens is 180 g/mol. The van der Waals surface area contributed by atoms with Gasteiger partial charge in [-0.1, -0.05) is 0 Å². The Morgan fingerprint density at radius 3 is 2.73 bits per heavy atom. The summed E-state index contributed by atoms with van der Waals surface area (Å²) >= 11 is 3.23. The highest BCUT2D eigenvalue weighted by molar-refractivity contribution is 8.04. The normalized spacial score (nSPS) is 31.7. The zero-order valence-corrected chi connectivity index (χ0v) is 8.13. The van der Waals surface area contributed by atoms with Crippen LogP contribution in [0.1, 0.15) is 12.8 Å². The van der Waals surface area contributed by atoms with Crippen molar-refractivity contribution in [3.8, 4) is 0 Å². The molecule has 0 radical (unpaired) electrons. The Bertz CT molecular complexity index is 153. The molecule has 1 N–H and O–H groups in total. The molecule has 2 nitrogen and oxygen atoms in total. The van der Waals surface area contributed by atoms with Crippen molar-refractivity contribution < 1.29 is 9.90 Å². The minimum atomic E-state index is -0.641. The lowest BCUT2D eigenvalue weighted by Crippen LogP contribution is -2.39. The van der Waals surface area contributed by atoms with Crippen LogP contribution < -0.4 is 0 Å². The quantitative estimate of drug-likeness (QED) is 0.722. The van der Waals surface area contributed by atoms with Gasteiger partial charge >= 0.3 is 5.97 Å². The first kappa shape index (κ1) is 9.26. The van der Waals surface area contributed by atoms with E-state index < -0.39 is 10.7 Å². The van der Waals surface area contributed by atoms with E-state index in [-0.39, 0.29) is 0 Å². The van der Waals surface area contributed by atoms with Gasteiger partial charge in [0.05, 0.1) is 0 Å². The first-order valence-corrected chi connectivity index (χ1v) is 5.95. The molecule has 0 aliphatic carbocycles. The standard InChI is InChI=1S/C7H12O2S2/c1-10-7(6(8)9)3-2-4-11-5-7/h2-5H2,1H3,(H,8,9). The van der Waals surface area contributed by atoms with Gasteiger partial charge in [-0.3, -0.25) is 4.79 Å². The van der Waals surface area contributed by atoms with Crippen molar-refractivity contribution >= 4 is 29.5 Å². The Balaban J connectivity index is 2.64. The molecule has 1 saturated heterocycles. The largest absolute Gasteiger partial charge is 0.480 e. The maximum atomic E-state index is 10.9. The number of thioether (sulfide) groups is 2. The smallest absolute Gasteiger partial charge is 0.320 e. The van der Waals surface area contributed by atoms with Crippen LogP contribution in [0, 0.1) is 0 Å². The molecule has 0 aromatic carbocycles. The summed E-state index contributed by atoms with van der Waals surface area (Å²) in [5.74, 6) is 1.25. The van der Waals surface area contributed by atoms with E-state index in [1.54, 1.807) is 11.8 Å². The third kappa shape index (κ3) is 1.85. The predicted molar refractivity (Wildman–Crippen MR) is 50.4 cm³/mol. The summed E-state index contributed by atoms with van der Waals surface area (Å²) < 4.78 is -0.483. The Kier molecular flexibility index (Phi) is 3.13. The summed E-state index contributed by atoms with van der Waals surface area (Å²) in [7, 11) is 0. The zero-order chi connectivity index (χ0) is 8.32. The molecule has 64 valence electrons. The number of carboxylic acid groups (broad SMARTS) is 1. The van der Waals surface area contributed by atoms with Crippen molar-refractivity contribution in [1.82, 2.24) is 0 Å². The number of carboxylic acids is 1. The van der Waals surface area contributed by atoms with E-state index in [9.17, 15) is 4.79 Å². The Labute approximate surface area is 75.1 Å². The fourth-order valence-electron chi connectivity index (χ4n) is 1.19. The SMILES string of the molecule is CSC1(C(=O)O)CCCSC1. The molecule has 4 heteroatoms. The number of hydrogen-bond acceptors (Lipinski definition) is 3. The number of hydrogen-bond donors (Lipinski definition) is 1. The third-order valence-electron chi connectivity index (χ3n) is 1.99. The van der Waals surface area contributed by atoms with Gasteiger partial charge in [-0.25, -0.2) is 0 Å². The average Bonchev–Trinajstić information content (AvgIpc) is 2.05. The van der Waals surface area contributed by atoms with Crippen LogP contribution in [0.2, 0.25) is 0 Å².